The molecular formula is C27H21NO. The third-order valence-corrected chi connectivity index (χ3v) is 4.84. The Balaban J connectivity index is 2.03. The molecule has 0 aliphatic carbocycles. The molecule has 0 unspecified atom stereocenters. The number of rotatable bonds is 5. The van der Waals surface area contributed by atoms with E-state index in [0.29, 0.717) is 0 Å². The first-order chi connectivity index (χ1) is 14.4. The van der Waals surface area contributed by atoms with Crippen LogP contribution in [0.3, 0.4) is 0 Å². The fraction of sp³-hybridized carbons (Fsp3) is 0. The zero-order valence-corrected chi connectivity index (χ0v) is 15.9. The second kappa shape index (κ2) is 8.85. The van der Waals surface area contributed by atoms with Crippen molar-refractivity contribution >= 4 is 17.4 Å². The van der Waals surface area contributed by atoms with Crippen LogP contribution in [0.4, 0.5) is 0 Å². The lowest BCUT2D eigenvalue weighted by atomic mass is 9.85. The third-order valence-electron chi connectivity index (χ3n) is 4.84. The van der Waals surface area contributed by atoms with Gasteiger partial charge >= 0.3 is 0 Å². The van der Waals surface area contributed by atoms with Crippen LogP contribution in [0.5, 0.6) is 0 Å². The number of hydrogen-bond donors (Lipinski definition) is 1. The highest BCUT2D eigenvalue weighted by Gasteiger charge is 2.15. The van der Waals surface area contributed by atoms with Crippen molar-refractivity contribution in [2.24, 2.45) is 5.16 Å². The molecule has 0 amide bonds. The maximum absolute atomic E-state index is 8.82. The summed E-state index contributed by atoms with van der Waals surface area (Å²) < 4.78 is 0. The maximum atomic E-state index is 8.82. The Morgan fingerprint density at radius 2 is 0.828 bits per heavy atom. The minimum Gasteiger partial charge on any atom is -0.411 e. The summed E-state index contributed by atoms with van der Waals surface area (Å²) in [5.41, 5.74) is 7.78. The summed E-state index contributed by atoms with van der Waals surface area (Å²) in [6, 6.07) is 39.5. The molecule has 4 aromatic carbocycles. The Labute approximate surface area is 171 Å². The SMILES string of the molecule is O/N=C/c1ccc(C(=C(c2ccccc2)c2ccccc2)c2ccccc2)cc1. The van der Waals surface area contributed by atoms with E-state index < -0.39 is 0 Å². The first kappa shape index (κ1) is 18.5. The summed E-state index contributed by atoms with van der Waals surface area (Å²) in [5.74, 6) is 0. The van der Waals surface area contributed by atoms with Crippen LogP contribution in [0.2, 0.25) is 0 Å². The van der Waals surface area contributed by atoms with E-state index in [2.05, 4.69) is 90.1 Å². The second-order valence-corrected chi connectivity index (χ2v) is 6.71. The van der Waals surface area contributed by atoms with Gasteiger partial charge in [0.1, 0.15) is 0 Å². The van der Waals surface area contributed by atoms with Crippen LogP contribution >= 0.6 is 0 Å². The Hall–Kier alpha value is -3.91. The van der Waals surface area contributed by atoms with Gasteiger partial charge in [0.25, 0.3) is 0 Å². The summed E-state index contributed by atoms with van der Waals surface area (Å²) in [7, 11) is 0. The van der Waals surface area contributed by atoms with Gasteiger partial charge in [0, 0.05) is 0 Å². The molecule has 2 nitrogen and oxygen atoms in total. The molecule has 0 saturated carbocycles. The van der Waals surface area contributed by atoms with E-state index in [1.54, 1.807) is 0 Å². The van der Waals surface area contributed by atoms with Crippen LogP contribution in [0.25, 0.3) is 11.1 Å². The van der Waals surface area contributed by atoms with Gasteiger partial charge < -0.3 is 5.21 Å². The van der Waals surface area contributed by atoms with Crippen molar-refractivity contribution in [3.05, 3.63) is 143 Å². The van der Waals surface area contributed by atoms with Crippen LogP contribution in [0.1, 0.15) is 27.8 Å². The summed E-state index contributed by atoms with van der Waals surface area (Å²) in [5, 5.41) is 12.0. The molecule has 4 aromatic rings. The van der Waals surface area contributed by atoms with E-state index in [9.17, 15) is 0 Å². The molecule has 0 aliphatic heterocycles. The Morgan fingerprint density at radius 3 is 1.17 bits per heavy atom. The van der Waals surface area contributed by atoms with Crippen LogP contribution in [0.15, 0.2) is 120 Å². The topological polar surface area (TPSA) is 32.6 Å². The van der Waals surface area contributed by atoms with Gasteiger partial charge in [-0.15, -0.1) is 0 Å². The normalized spacial score (nSPS) is 10.8. The Bertz CT molecular complexity index is 1070. The quantitative estimate of drug-likeness (QED) is 0.184. The summed E-state index contributed by atoms with van der Waals surface area (Å²) >= 11 is 0. The van der Waals surface area contributed by atoms with E-state index in [-0.39, 0.29) is 0 Å². The fourth-order valence-corrected chi connectivity index (χ4v) is 3.53. The average Bonchev–Trinajstić information content (AvgIpc) is 2.80. The molecule has 29 heavy (non-hydrogen) atoms. The van der Waals surface area contributed by atoms with Crippen molar-refractivity contribution in [2.45, 2.75) is 0 Å². The molecule has 2 heteroatoms. The van der Waals surface area contributed by atoms with Gasteiger partial charge in [-0.3, -0.25) is 0 Å². The number of hydrogen-bond acceptors (Lipinski definition) is 2. The molecule has 0 radical (unpaired) electrons. The first-order valence-corrected chi connectivity index (χ1v) is 9.55. The number of oxime groups is 1. The fourth-order valence-electron chi connectivity index (χ4n) is 3.53. The maximum Gasteiger partial charge on any atom is 0.0733 e. The number of benzene rings is 4. The van der Waals surface area contributed by atoms with Gasteiger partial charge in [0.15, 0.2) is 0 Å². The lowest BCUT2D eigenvalue weighted by Gasteiger charge is -2.18. The van der Waals surface area contributed by atoms with Crippen molar-refractivity contribution < 1.29 is 5.21 Å². The monoisotopic (exact) mass is 375 g/mol. The molecule has 0 saturated heterocycles. The van der Waals surface area contributed by atoms with Gasteiger partial charge in [-0.2, -0.15) is 0 Å². The van der Waals surface area contributed by atoms with Crippen LogP contribution in [0, 0.1) is 0 Å². The molecule has 0 aliphatic rings. The first-order valence-electron chi connectivity index (χ1n) is 9.55. The Kier molecular flexibility index (Phi) is 5.63. The zero-order chi connectivity index (χ0) is 19.9. The van der Waals surface area contributed by atoms with E-state index in [4.69, 9.17) is 5.21 Å². The van der Waals surface area contributed by atoms with Gasteiger partial charge in [0.2, 0.25) is 0 Å². The van der Waals surface area contributed by atoms with Crippen LogP contribution in [-0.4, -0.2) is 11.4 Å². The molecular weight excluding hydrogens is 354 g/mol. The highest BCUT2D eigenvalue weighted by molar-refractivity contribution is 6.04. The van der Waals surface area contributed by atoms with Crippen molar-refractivity contribution in [3.8, 4) is 0 Å². The highest BCUT2D eigenvalue weighted by Crippen LogP contribution is 2.36. The largest absolute Gasteiger partial charge is 0.411 e. The molecule has 0 bridgehead atoms. The van der Waals surface area contributed by atoms with Gasteiger partial charge in [0.05, 0.1) is 6.21 Å². The predicted molar refractivity (Wildman–Crippen MR) is 120 cm³/mol. The van der Waals surface area contributed by atoms with E-state index in [1.807, 2.05) is 30.3 Å². The molecule has 0 atom stereocenters. The molecule has 0 fully saturated rings. The molecule has 0 aromatic heterocycles. The summed E-state index contributed by atoms with van der Waals surface area (Å²) in [6.45, 7) is 0. The van der Waals surface area contributed by atoms with Crippen molar-refractivity contribution in [1.82, 2.24) is 0 Å². The van der Waals surface area contributed by atoms with Gasteiger partial charge in [-0.1, -0.05) is 120 Å². The van der Waals surface area contributed by atoms with E-state index in [1.165, 1.54) is 22.9 Å². The average molecular weight is 375 g/mol. The van der Waals surface area contributed by atoms with E-state index in [0.717, 1.165) is 22.3 Å². The predicted octanol–water partition coefficient (Wildman–Crippen LogP) is 6.50. The minimum absolute atomic E-state index is 0.852. The smallest absolute Gasteiger partial charge is 0.0733 e. The van der Waals surface area contributed by atoms with Gasteiger partial charge in [-0.05, 0) is 39.0 Å². The zero-order valence-electron chi connectivity index (χ0n) is 15.9. The standard InChI is InChI=1S/C27H21NO/c29-28-20-21-16-18-25(19-17-21)27(24-14-8-3-9-15-24)26(22-10-4-1-5-11-22)23-12-6-2-7-13-23/h1-20,29H/b28-20+. The number of nitrogens with zero attached hydrogens (tertiary/aromatic N) is 1. The lowest BCUT2D eigenvalue weighted by Crippen LogP contribution is -1.97. The van der Waals surface area contributed by atoms with Crippen molar-refractivity contribution in [1.29, 1.82) is 0 Å². The second-order valence-electron chi connectivity index (χ2n) is 6.71. The molecule has 0 heterocycles. The lowest BCUT2D eigenvalue weighted by molar-refractivity contribution is 0.322. The molecule has 4 rings (SSSR count). The summed E-state index contributed by atoms with van der Waals surface area (Å²) in [4.78, 5) is 0. The highest BCUT2D eigenvalue weighted by atomic mass is 16.4. The van der Waals surface area contributed by atoms with E-state index >= 15 is 0 Å². The summed E-state index contributed by atoms with van der Waals surface area (Å²) in [6.07, 6.45) is 1.44. The minimum atomic E-state index is 0.852. The third kappa shape index (κ3) is 4.17. The molecule has 0 spiro atoms. The van der Waals surface area contributed by atoms with Crippen molar-refractivity contribution in [3.63, 3.8) is 0 Å². The Morgan fingerprint density at radius 1 is 0.483 bits per heavy atom. The molecule has 1 N–H and O–H groups in total. The molecule has 140 valence electrons. The van der Waals surface area contributed by atoms with Crippen LogP contribution < -0.4 is 0 Å². The van der Waals surface area contributed by atoms with Crippen LogP contribution in [-0.2, 0) is 0 Å². The van der Waals surface area contributed by atoms with Gasteiger partial charge in [-0.25, -0.2) is 0 Å². The van der Waals surface area contributed by atoms with Crippen molar-refractivity contribution in [2.75, 3.05) is 0 Å².